The summed E-state index contributed by atoms with van der Waals surface area (Å²) in [5.74, 6) is -0.646. The predicted octanol–water partition coefficient (Wildman–Crippen LogP) is 3.04. The van der Waals surface area contributed by atoms with Crippen LogP contribution in [-0.4, -0.2) is 30.8 Å². The van der Waals surface area contributed by atoms with Crippen molar-refractivity contribution in [2.45, 2.75) is 12.7 Å². The molecule has 3 rings (SSSR count). The Hall–Kier alpha value is -3.10. The molecule has 3 aromatic rings. The van der Waals surface area contributed by atoms with E-state index in [-0.39, 0.29) is 12.1 Å². The van der Waals surface area contributed by atoms with Crippen molar-refractivity contribution >= 4 is 5.97 Å². The van der Waals surface area contributed by atoms with Gasteiger partial charge < -0.3 is 10.1 Å². The summed E-state index contributed by atoms with van der Waals surface area (Å²) in [6.45, 7) is 0.173. The molecule has 0 unspecified atom stereocenters. The molecule has 0 aliphatic heterocycles. The summed E-state index contributed by atoms with van der Waals surface area (Å²) in [7, 11) is 0. The van der Waals surface area contributed by atoms with Crippen LogP contribution in [0.5, 0.6) is 0 Å². The summed E-state index contributed by atoms with van der Waals surface area (Å²) < 4.78 is 39.6. The van der Waals surface area contributed by atoms with Gasteiger partial charge in [0.25, 0.3) is 0 Å². The van der Waals surface area contributed by atoms with E-state index in [4.69, 9.17) is 5.11 Å². The second-order valence-electron chi connectivity index (χ2n) is 5.05. The molecule has 6 nitrogen and oxygen atoms in total. The lowest BCUT2D eigenvalue weighted by Gasteiger charge is -2.07. The largest absolute Gasteiger partial charge is 0.478 e. The van der Waals surface area contributed by atoms with Crippen molar-refractivity contribution in [2.75, 3.05) is 0 Å². The van der Waals surface area contributed by atoms with Crippen molar-refractivity contribution in [3.05, 3.63) is 59.8 Å². The monoisotopic (exact) mass is 336 g/mol. The van der Waals surface area contributed by atoms with Crippen molar-refractivity contribution in [1.29, 1.82) is 0 Å². The summed E-state index contributed by atoms with van der Waals surface area (Å²) in [5, 5.41) is 12.7. The Labute approximate surface area is 133 Å². The third-order valence-corrected chi connectivity index (χ3v) is 3.32. The lowest BCUT2D eigenvalue weighted by Crippen LogP contribution is -2.04. The molecule has 2 aromatic heterocycles. The van der Waals surface area contributed by atoms with Gasteiger partial charge in [-0.3, -0.25) is 4.68 Å². The van der Waals surface area contributed by atoms with Crippen molar-refractivity contribution in [3.8, 4) is 11.3 Å². The van der Waals surface area contributed by atoms with Gasteiger partial charge in [0.15, 0.2) is 0 Å². The first-order valence-electron chi connectivity index (χ1n) is 6.80. The number of nitrogens with zero attached hydrogens (tertiary/aromatic N) is 3. The molecule has 9 heteroatoms. The number of carboxylic acid groups (broad SMARTS) is 1. The van der Waals surface area contributed by atoms with E-state index >= 15 is 0 Å². The minimum absolute atomic E-state index is 0.0413. The number of alkyl halides is 3. The van der Waals surface area contributed by atoms with E-state index in [1.165, 1.54) is 29.3 Å². The van der Waals surface area contributed by atoms with Crippen LogP contribution in [0.15, 0.2) is 42.9 Å². The van der Waals surface area contributed by atoms with Crippen LogP contribution in [0, 0.1) is 0 Å². The quantitative estimate of drug-likeness (QED) is 0.767. The topological polar surface area (TPSA) is 83.8 Å². The molecule has 0 fully saturated rings. The Kier molecular flexibility index (Phi) is 3.84. The van der Waals surface area contributed by atoms with Crippen LogP contribution in [0.1, 0.15) is 21.7 Å². The molecule has 2 N–H and O–H groups in total. The normalized spacial score (nSPS) is 11.6. The van der Waals surface area contributed by atoms with Crippen molar-refractivity contribution < 1.29 is 23.1 Å². The molecular formula is C15H11F3N4O2. The lowest BCUT2D eigenvalue weighted by molar-refractivity contribution is -0.137. The molecule has 2 heterocycles. The van der Waals surface area contributed by atoms with Crippen LogP contribution in [0.25, 0.3) is 11.3 Å². The fraction of sp³-hybridized carbons (Fsp3) is 0.133. The van der Waals surface area contributed by atoms with Crippen LogP contribution < -0.4 is 0 Å². The number of carboxylic acids is 1. The third kappa shape index (κ3) is 3.29. The summed E-state index contributed by atoms with van der Waals surface area (Å²) in [6.07, 6.45) is -0.443. The second kappa shape index (κ2) is 5.84. The Morgan fingerprint density at radius 1 is 1.29 bits per heavy atom. The summed E-state index contributed by atoms with van der Waals surface area (Å²) in [6, 6.07) is 4.90. The van der Waals surface area contributed by atoms with E-state index in [1.54, 1.807) is 6.07 Å². The Morgan fingerprint density at radius 2 is 2.08 bits per heavy atom. The van der Waals surface area contributed by atoms with Gasteiger partial charge in [-0.15, -0.1) is 0 Å². The molecule has 0 atom stereocenters. The molecule has 124 valence electrons. The average molecular weight is 336 g/mol. The molecule has 1 aromatic carbocycles. The van der Waals surface area contributed by atoms with Gasteiger partial charge in [-0.1, -0.05) is 12.1 Å². The number of aromatic carboxylic acids is 1. The van der Waals surface area contributed by atoms with Crippen LogP contribution in [-0.2, 0) is 12.7 Å². The highest BCUT2D eigenvalue weighted by Crippen LogP contribution is 2.31. The fourth-order valence-electron chi connectivity index (χ4n) is 2.17. The highest BCUT2D eigenvalue weighted by Gasteiger charge is 2.30. The number of H-pyrrole nitrogens is 1. The van der Waals surface area contributed by atoms with Crippen LogP contribution in [0.4, 0.5) is 13.2 Å². The fourth-order valence-corrected chi connectivity index (χ4v) is 2.17. The van der Waals surface area contributed by atoms with Gasteiger partial charge in [-0.25, -0.2) is 9.78 Å². The number of aromatic amines is 1. The maximum Gasteiger partial charge on any atom is 0.416 e. The maximum atomic E-state index is 12.8. The molecular weight excluding hydrogens is 325 g/mol. The third-order valence-electron chi connectivity index (χ3n) is 3.32. The molecule has 0 radical (unpaired) electrons. The van der Waals surface area contributed by atoms with Crippen LogP contribution in [0.3, 0.4) is 0 Å². The Morgan fingerprint density at radius 3 is 2.75 bits per heavy atom. The zero-order valence-electron chi connectivity index (χ0n) is 12.1. The maximum absolute atomic E-state index is 12.8. The highest BCUT2D eigenvalue weighted by molar-refractivity contribution is 5.86. The molecule has 24 heavy (non-hydrogen) atoms. The van der Waals surface area contributed by atoms with Crippen molar-refractivity contribution in [1.82, 2.24) is 19.7 Å². The zero-order chi connectivity index (χ0) is 17.3. The Bertz CT molecular complexity index is 883. The van der Waals surface area contributed by atoms with E-state index in [0.29, 0.717) is 17.1 Å². The summed E-state index contributed by atoms with van der Waals surface area (Å²) >= 11 is 0. The number of hydrogen-bond donors (Lipinski definition) is 2. The molecule has 0 aliphatic rings. The number of hydrogen-bond acceptors (Lipinski definition) is 3. The van der Waals surface area contributed by atoms with Gasteiger partial charge in [-0.05, 0) is 12.1 Å². The SMILES string of the molecule is O=C(O)c1cnn(Cc2ncc(-c3cccc(C(F)(F)F)c3)[nH]2)c1. The molecule has 0 saturated carbocycles. The van der Waals surface area contributed by atoms with Gasteiger partial charge in [0, 0.05) is 11.8 Å². The van der Waals surface area contributed by atoms with Crippen LogP contribution in [0.2, 0.25) is 0 Å². The van der Waals surface area contributed by atoms with Gasteiger partial charge >= 0.3 is 12.1 Å². The minimum atomic E-state index is -4.42. The molecule has 0 aliphatic carbocycles. The number of imidazole rings is 1. The van der Waals surface area contributed by atoms with Gasteiger partial charge in [0.2, 0.25) is 0 Å². The number of rotatable bonds is 4. The highest BCUT2D eigenvalue weighted by atomic mass is 19.4. The van der Waals surface area contributed by atoms with E-state index < -0.39 is 17.7 Å². The van der Waals surface area contributed by atoms with Gasteiger partial charge in [0.05, 0.1) is 35.8 Å². The standard InChI is InChI=1S/C15H11F3N4O2/c16-15(17,18)11-3-1-2-9(4-11)12-6-19-13(21-12)8-22-7-10(5-20-22)14(23)24/h1-7H,8H2,(H,19,21)(H,23,24). The first-order valence-corrected chi connectivity index (χ1v) is 6.80. The van der Waals surface area contributed by atoms with E-state index in [2.05, 4.69) is 15.1 Å². The minimum Gasteiger partial charge on any atom is -0.478 e. The first kappa shape index (κ1) is 15.8. The number of nitrogens with one attached hydrogen (secondary N) is 1. The number of benzene rings is 1. The zero-order valence-corrected chi connectivity index (χ0v) is 12.1. The summed E-state index contributed by atoms with van der Waals surface area (Å²) in [4.78, 5) is 17.8. The smallest absolute Gasteiger partial charge is 0.416 e. The number of halogens is 3. The molecule has 0 bridgehead atoms. The van der Waals surface area contributed by atoms with Gasteiger partial charge in [0.1, 0.15) is 5.82 Å². The van der Waals surface area contributed by atoms with E-state index in [9.17, 15) is 18.0 Å². The first-order chi connectivity index (χ1) is 11.3. The van der Waals surface area contributed by atoms with E-state index in [0.717, 1.165) is 12.1 Å². The van der Waals surface area contributed by atoms with Gasteiger partial charge in [-0.2, -0.15) is 18.3 Å². The average Bonchev–Trinajstić information content (AvgIpc) is 3.16. The van der Waals surface area contributed by atoms with Crippen LogP contribution >= 0.6 is 0 Å². The molecule has 0 spiro atoms. The number of aromatic nitrogens is 4. The summed E-state index contributed by atoms with van der Waals surface area (Å²) in [5.41, 5.74) is 0.0889. The lowest BCUT2D eigenvalue weighted by atomic mass is 10.1. The van der Waals surface area contributed by atoms with E-state index in [1.807, 2.05) is 0 Å². The second-order valence-corrected chi connectivity index (χ2v) is 5.05. The van der Waals surface area contributed by atoms with Crippen molar-refractivity contribution in [3.63, 3.8) is 0 Å². The number of carbonyl (C=O) groups is 1. The molecule has 0 saturated heterocycles. The Balaban J connectivity index is 1.81. The predicted molar refractivity (Wildman–Crippen MR) is 77.3 cm³/mol. The molecule has 0 amide bonds. The van der Waals surface area contributed by atoms with Crippen molar-refractivity contribution in [2.24, 2.45) is 0 Å².